The van der Waals surface area contributed by atoms with Gasteiger partial charge in [0.25, 0.3) is 0 Å². The fourth-order valence-electron chi connectivity index (χ4n) is 5.85. The zero-order chi connectivity index (χ0) is 28.2. The molecule has 0 unspecified atom stereocenters. The van der Waals surface area contributed by atoms with Crippen LogP contribution in [0.2, 0.25) is 0 Å². The fourth-order valence-corrected chi connectivity index (χ4v) is 5.85. The Labute approximate surface area is 241 Å². The summed E-state index contributed by atoms with van der Waals surface area (Å²) in [5.41, 5.74) is 7.10. The van der Waals surface area contributed by atoms with Gasteiger partial charge < -0.3 is 9.31 Å². The van der Waals surface area contributed by atoms with E-state index in [1.54, 1.807) is 0 Å². The standard InChI is InChI=1S/C37H32BNO2/c1-36(2)37(3,4)41-38(40-36)28-22-23-33(39-24-28)35-31-16-10-8-14-29(31)34(30-15-9-11-17-32(30)35)27-20-18-26(19-21-27)25-12-6-5-7-13-25/h5-24H,1-4H3. The lowest BCUT2D eigenvalue weighted by atomic mass is 9.80. The third-order valence-electron chi connectivity index (χ3n) is 8.78. The van der Waals surface area contributed by atoms with Crippen molar-refractivity contribution in [1.29, 1.82) is 0 Å². The van der Waals surface area contributed by atoms with Gasteiger partial charge in [0.15, 0.2) is 0 Å². The smallest absolute Gasteiger partial charge is 0.399 e. The maximum absolute atomic E-state index is 6.28. The Hall–Kier alpha value is -4.25. The summed E-state index contributed by atoms with van der Waals surface area (Å²) in [6, 6.07) is 41.0. The van der Waals surface area contributed by atoms with E-state index in [0.29, 0.717) is 0 Å². The lowest BCUT2D eigenvalue weighted by Gasteiger charge is -2.32. The molecule has 1 aliphatic rings. The third kappa shape index (κ3) is 4.35. The van der Waals surface area contributed by atoms with Gasteiger partial charge in [-0.05, 0) is 77.6 Å². The first-order valence-corrected chi connectivity index (χ1v) is 14.2. The molecule has 0 amide bonds. The number of pyridine rings is 1. The summed E-state index contributed by atoms with van der Waals surface area (Å²) in [7, 11) is -0.434. The molecule has 0 atom stereocenters. The van der Waals surface area contributed by atoms with Crippen molar-refractivity contribution in [1.82, 2.24) is 4.98 Å². The van der Waals surface area contributed by atoms with Crippen LogP contribution in [0.5, 0.6) is 0 Å². The zero-order valence-corrected chi connectivity index (χ0v) is 23.9. The Morgan fingerprint density at radius 1 is 0.488 bits per heavy atom. The van der Waals surface area contributed by atoms with E-state index in [2.05, 4.69) is 143 Å². The van der Waals surface area contributed by atoms with Gasteiger partial charge in [0.2, 0.25) is 0 Å². The first kappa shape index (κ1) is 25.7. The highest BCUT2D eigenvalue weighted by molar-refractivity contribution is 6.62. The fraction of sp³-hybridized carbons (Fsp3) is 0.162. The van der Waals surface area contributed by atoms with E-state index < -0.39 is 18.3 Å². The van der Waals surface area contributed by atoms with E-state index in [0.717, 1.165) is 16.7 Å². The lowest BCUT2D eigenvalue weighted by molar-refractivity contribution is 0.00578. The SMILES string of the molecule is CC1(C)OB(c2ccc(-c3c4ccccc4c(-c4ccc(-c5ccccc5)cc4)c4ccccc34)nc2)OC1(C)C. The lowest BCUT2D eigenvalue weighted by Crippen LogP contribution is -2.41. The van der Waals surface area contributed by atoms with Gasteiger partial charge in [-0.2, -0.15) is 0 Å². The molecule has 1 saturated heterocycles. The molecule has 6 aromatic rings. The molecule has 2 heterocycles. The number of aromatic nitrogens is 1. The molecule has 1 fully saturated rings. The molecule has 41 heavy (non-hydrogen) atoms. The molecule has 0 saturated carbocycles. The molecule has 0 spiro atoms. The van der Waals surface area contributed by atoms with E-state index in [1.807, 2.05) is 6.20 Å². The molecule has 200 valence electrons. The van der Waals surface area contributed by atoms with Gasteiger partial charge in [0, 0.05) is 17.2 Å². The quantitative estimate of drug-likeness (QED) is 0.168. The summed E-state index contributed by atoms with van der Waals surface area (Å²) in [4.78, 5) is 4.98. The summed E-state index contributed by atoms with van der Waals surface area (Å²) in [6.45, 7) is 8.29. The predicted octanol–water partition coefficient (Wildman–Crippen LogP) is 8.69. The minimum absolute atomic E-state index is 0.391. The van der Waals surface area contributed by atoms with Crippen molar-refractivity contribution in [2.45, 2.75) is 38.9 Å². The number of rotatable bonds is 4. The number of fused-ring (bicyclic) bond motifs is 2. The van der Waals surface area contributed by atoms with E-state index in [1.165, 1.54) is 43.8 Å². The van der Waals surface area contributed by atoms with E-state index >= 15 is 0 Å². The minimum atomic E-state index is -0.434. The van der Waals surface area contributed by atoms with Crippen molar-refractivity contribution in [3.05, 3.63) is 121 Å². The van der Waals surface area contributed by atoms with Gasteiger partial charge >= 0.3 is 7.12 Å². The molecular weight excluding hydrogens is 501 g/mol. The molecule has 1 aromatic heterocycles. The largest absolute Gasteiger partial charge is 0.496 e. The van der Waals surface area contributed by atoms with Crippen LogP contribution in [0.1, 0.15) is 27.7 Å². The normalized spacial score (nSPS) is 16.0. The Kier molecular flexibility index (Phi) is 6.08. The molecule has 0 aliphatic carbocycles. The molecule has 5 aromatic carbocycles. The van der Waals surface area contributed by atoms with Crippen LogP contribution in [0.15, 0.2) is 121 Å². The minimum Gasteiger partial charge on any atom is -0.399 e. The summed E-state index contributed by atoms with van der Waals surface area (Å²) in [6.07, 6.45) is 1.90. The Bertz CT molecular complexity index is 1800. The first-order chi connectivity index (χ1) is 19.8. The molecule has 4 heteroatoms. The van der Waals surface area contributed by atoms with Crippen molar-refractivity contribution < 1.29 is 9.31 Å². The number of hydrogen-bond acceptors (Lipinski definition) is 3. The van der Waals surface area contributed by atoms with Crippen LogP contribution >= 0.6 is 0 Å². The Balaban J connectivity index is 1.36. The summed E-state index contributed by atoms with van der Waals surface area (Å²) in [5.74, 6) is 0. The van der Waals surface area contributed by atoms with Gasteiger partial charge in [-0.1, -0.05) is 109 Å². The number of benzene rings is 5. The maximum Gasteiger partial charge on any atom is 0.496 e. The second-order valence-electron chi connectivity index (χ2n) is 11.8. The van der Waals surface area contributed by atoms with Crippen LogP contribution in [0, 0.1) is 0 Å². The predicted molar refractivity (Wildman–Crippen MR) is 171 cm³/mol. The average molecular weight is 533 g/mol. The van der Waals surface area contributed by atoms with Crippen LogP contribution in [0.25, 0.3) is 55.1 Å². The summed E-state index contributed by atoms with van der Waals surface area (Å²) in [5, 5.41) is 4.80. The monoisotopic (exact) mass is 533 g/mol. The first-order valence-electron chi connectivity index (χ1n) is 14.2. The van der Waals surface area contributed by atoms with E-state index in [9.17, 15) is 0 Å². The molecule has 3 nitrogen and oxygen atoms in total. The van der Waals surface area contributed by atoms with Crippen molar-refractivity contribution in [3.8, 4) is 33.5 Å². The molecular formula is C37H32BNO2. The second-order valence-corrected chi connectivity index (χ2v) is 11.8. The Morgan fingerprint density at radius 3 is 1.46 bits per heavy atom. The van der Waals surface area contributed by atoms with E-state index in [-0.39, 0.29) is 0 Å². The van der Waals surface area contributed by atoms with Crippen LogP contribution in [0.4, 0.5) is 0 Å². The highest BCUT2D eigenvalue weighted by atomic mass is 16.7. The van der Waals surface area contributed by atoms with Crippen LogP contribution < -0.4 is 5.46 Å². The van der Waals surface area contributed by atoms with Crippen LogP contribution in [-0.4, -0.2) is 23.3 Å². The maximum atomic E-state index is 6.28. The molecule has 0 bridgehead atoms. The third-order valence-corrected chi connectivity index (χ3v) is 8.78. The summed E-state index contributed by atoms with van der Waals surface area (Å²) >= 11 is 0. The van der Waals surface area contributed by atoms with Crippen molar-refractivity contribution >= 4 is 34.1 Å². The van der Waals surface area contributed by atoms with Gasteiger partial charge in [-0.25, -0.2) is 0 Å². The summed E-state index contributed by atoms with van der Waals surface area (Å²) < 4.78 is 12.6. The van der Waals surface area contributed by atoms with Gasteiger partial charge in [-0.3, -0.25) is 4.98 Å². The van der Waals surface area contributed by atoms with Crippen molar-refractivity contribution in [2.75, 3.05) is 0 Å². The highest BCUT2D eigenvalue weighted by Crippen LogP contribution is 2.43. The van der Waals surface area contributed by atoms with E-state index in [4.69, 9.17) is 14.3 Å². The van der Waals surface area contributed by atoms with Crippen molar-refractivity contribution in [3.63, 3.8) is 0 Å². The molecule has 1 aliphatic heterocycles. The van der Waals surface area contributed by atoms with Gasteiger partial charge in [0.1, 0.15) is 0 Å². The van der Waals surface area contributed by atoms with Crippen molar-refractivity contribution in [2.24, 2.45) is 0 Å². The van der Waals surface area contributed by atoms with Crippen LogP contribution in [0.3, 0.4) is 0 Å². The number of nitrogens with zero attached hydrogens (tertiary/aromatic N) is 1. The molecule has 7 rings (SSSR count). The second kappa shape index (κ2) is 9.69. The number of hydrogen-bond donors (Lipinski definition) is 0. The van der Waals surface area contributed by atoms with Crippen LogP contribution in [-0.2, 0) is 9.31 Å². The topological polar surface area (TPSA) is 31.4 Å². The average Bonchev–Trinajstić information content (AvgIpc) is 3.22. The highest BCUT2D eigenvalue weighted by Gasteiger charge is 2.51. The Morgan fingerprint density at radius 2 is 0.951 bits per heavy atom. The van der Waals surface area contributed by atoms with Gasteiger partial charge in [-0.15, -0.1) is 0 Å². The van der Waals surface area contributed by atoms with Gasteiger partial charge in [0.05, 0.1) is 16.9 Å². The molecule has 0 radical (unpaired) electrons. The molecule has 0 N–H and O–H groups in total. The zero-order valence-electron chi connectivity index (χ0n) is 23.9.